The summed E-state index contributed by atoms with van der Waals surface area (Å²) < 4.78 is 0. The number of nitrogens with one attached hydrogen (secondary N) is 3. The molecule has 2 aromatic carbocycles. The van der Waals surface area contributed by atoms with Crippen molar-refractivity contribution in [1.82, 2.24) is 10.3 Å². The van der Waals surface area contributed by atoms with Crippen LogP contribution in [0.4, 0.5) is 15.6 Å². The van der Waals surface area contributed by atoms with Crippen LogP contribution in [0.5, 0.6) is 0 Å². The number of nitrogens with zero attached hydrogens (tertiary/aromatic N) is 1. The molecule has 0 radical (unpaired) electrons. The highest BCUT2D eigenvalue weighted by molar-refractivity contribution is 7.14. The number of urea groups is 1. The minimum absolute atomic E-state index is 0.254. The van der Waals surface area contributed by atoms with Gasteiger partial charge in [0, 0.05) is 22.6 Å². The molecule has 144 valence electrons. The first-order chi connectivity index (χ1) is 13.6. The normalized spacial score (nSPS) is 10.3. The smallest absolute Gasteiger partial charge is 0.325 e. The number of halogens is 1. The molecule has 0 aliphatic rings. The van der Waals surface area contributed by atoms with Crippen molar-refractivity contribution in [2.75, 3.05) is 17.2 Å². The molecule has 1 aromatic heterocycles. The second kappa shape index (κ2) is 9.87. The van der Waals surface area contributed by atoms with Crippen LogP contribution in [-0.4, -0.2) is 23.5 Å². The van der Waals surface area contributed by atoms with Crippen LogP contribution in [0.1, 0.15) is 22.5 Å². The number of thiazole rings is 1. The molecular weight excluding hydrogens is 396 g/mol. The Morgan fingerprint density at radius 1 is 1.00 bits per heavy atom. The first-order valence-corrected chi connectivity index (χ1v) is 9.97. The zero-order valence-electron chi connectivity index (χ0n) is 14.9. The van der Waals surface area contributed by atoms with Gasteiger partial charge in [-0.2, -0.15) is 0 Å². The second-order valence-electron chi connectivity index (χ2n) is 5.97. The van der Waals surface area contributed by atoms with Crippen LogP contribution >= 0.6 is 22.9 Å². The lowest BCUT2D eigenvalue weighted by molar-refractivity contribution is 0.0949. The molecule has 3 rings (SSSR count). The van der Waals surface area contributed by atoms with Gasteiger partial charge in [0.1, 0.15) is 5.69 Å². The largest absolute Gasteiger partial charge is 0.351 e. The summed E-state index contributed by atoms with van der Waals surface area (Å²) in [4.78, 5) is 28.3. The lowest BCUT2D eigenvalue weighted by Gasteiger charge is -2.05. The fourth-order valence-electron chi connectivity index (χ4n) is 2.46. The van der Waals surface area contributed by atoms with Crippen molar-refractivity contribution < 1.29 is 9.59 Å². The Kier molecular flexibility index (Phi) is 7.00. The Bertz CT molecular complexity index is 929. The van der Waals surface area contributed by atoms with E-state index in [0.717, 1.165) is 12.8 Å². The van der Waals surface area contributed by atoms with Gasteiger partial charge in [0.15, 0.2) is 5.13 Å². The zero-order chi connectivity index (χ0) is 19.8. The second-order valence-corrected chi connectivity index (χ2v) is 7.26. The van der Waals surface area contributed by atoms with Crippen molar-refractivity contribution in [3.05, 3.63) is 76.3 Å². The number of anilines is 2. The number of benzene rings is 2. The molecular formula is C20H19ClN4O2S. The third-order valence-corrected chi connectivity index (χ3v) is 4.84. The predicted molar refractivity (Wildman–Crippen MR) is 113 cm³/mol. The SMILES string of the molecule is O=C(Nc1ccc(Cl)cc1)Nc1nc(C(=O)NCCCc2ccccc2)cs1. The average Bonchev–Trinajstić information content (AvgIpc) is 3.16. The fourth-order valence-corrected chi connectivity index (χ4v) is 3.27. The molecule has 0 aliphatic carbocycles. The number of carbonyl (C=O) groups excluding carboxylic acids is 2. The molecule has 3 N–H and O–H groups in total. The van der Waals surface area contributed by atoms with Gasteiger partial charge in [-0.05, 0) is 42.7 Å². The van der Waals surface area contributed by atoms with E-state index in [1.807, 2.05) is 18.2 Å². The van der Waals surface area contributed by atoms with Crippen LogP contribution in [0, 0.1) is 0 Å². The Labute approximate surface area is 172 Å². The molecule has 0 fully saturated rings. The van der Waals surface area contributed by atoms with Crippen LogP contribution in [-0.2, 0) is 6.42 Å². The number of aryl methyl sites for hydroxylation is 1. The number of hydrogen-bond donors (Lipinski definition) is 3. The molecule has 0 saturated heterocycles. The summed E-state index contributed by atoms with van der Waals surface area (Å²) in [6, 6.07) is 16.4. The first-order valence-electron chi connectivity index (χ1n) is 8.71. The van der Waals surface area contributed by atoms with E-state index in [2.05, 4.69) is 33.1 Å². The standard InChI is InChI=1S/C20H19ClN4O2S/c21-15-8-10-16(11-9-15)23-19(27)25-20-24-17(13-28-20)18(26)22-12-4-7-14-5-2-1-3-6-14/h1-3,5-6,8-11,13H,4,7,12H2,(H,22,26)(H2,23,24,25,27). The summed E-state index contributed by atoms with van der Waals surface area (Å²) in [6.45, 7) is 0.561. The monoisotopic (exact) mass is 414 g/mol. The topological polar surface area (TPSA) is 83.1 Å². The van der Waals surface area contributed by atoms with Gasteiger partial charge in [0.25, 0.3) is 5.91 Å². The highest BCUT2D eigenvalue weighted by Gasteiger charge is 2.12. The maximum Gasteiger partial charge on any atom is 0.325 e. The van der Waals surface area contributed by atoms with E-state index in [-0.39, 0.29) is 11.6 Å². The quantitative estimate of drug-likeness (QED) is 0.485. The summed E-state index contributed by atoms with van der Waals surface area (Å²) in [5, 5.41) is 10.7. The van der Waals surface area contributed by atoms with Crippen molar-refractivity contribution in [1.29, 1.82) is 0 Å². The molecule has 3 aromatic rings. The Hall–Kier alpha value is -2.90. The average molecular weight is 415 g/mol. The zero-order valence-corrected chi connectivity index (χ0v) is 16.5. The molecule has 6 nitrogen and oxygen atoms in total. The van der Waals surface area contributed by atoms with Crippen LogP contribution in [0.25, 0.3) is 0 Å². The molecule has 0 bridgehead atoms. The third-order valence-electron chi connectivity index (χ3n) is 3.83. The summed E-state index contributed by atoms with van der Waals surface area (Å²) in [5.74, 6) is -0.254. The van der Waals surface area contributed by atoms with Crippen molar-refractivity contribution in [2.45, 2.75) is 12.8 Å². The van der Waals surface area contributed by atoms with E-state index in [9.17, 15) is 9.59 Å². The van der Waals surface area contributed by atoms with Gasteiger partial charge >= 0.3 is 6.03 Å². The minimum Gasteiger partial charge on any atom is -0.351 e. The highest BCUT2D eigenvalue weighted by Crippen LogP contribution is 2.17. The molecule has 0 spiro atoms. The fraction of sp³-hybridized carbons (Fsp3) is 0.150. The van der Waals surface area contributed by atoms with Crippen LogP contribution < -0.4 is 16.0 Å². The van der Waals surface area contributed by atoms with E-state index in [4.69, 9.17) is 11.6 Å². The van der Waals surface area contributed by atoms with Crippen LogP contribution in [0.15, 0.2) is 60.0 Å². The van der Waals surface area contributed by atoms with Gasteiger partial charge in [-0.1, -0.05) is 41.9 Å². The van der Waals surface area contributed by atoms with Crippen LogP contribution in [0.3, 0.4) is 0 Å². The number of carbonyl (C=O) groups is 2. The summed E-state index contributed by atoms with van der Waals surface area (Å²) >= 11 is 7.00. The number of hydrogen-bond acceptors (Lipinski definition) is 4. The Balaban J connectivity index is 1.43. The van der Waals surface area contributed by atoms with Crippen molar-refractivity contribution >= 4 is 45.7 Å². The number of amides is 3. The first kappa shape index (κ1) is 19.9. The molecule has 0 aliphatic heterocycles. The van der Waals surface area contributed by atoms with Crippen molar-refractivity contribution in [3.63, 3.8) is 0 Å². The number of aromatic nitrogens is 1. The molecule has 0 unspecified atom stereocenters. The molecule has 0 saturated carbocycles. The van der Waals surface area contributed by atoms with E-state index < -0.39 is 6.03 Å². The maximum atomic E-state index is 12.2. The summed E-state index contributed by atoms with van der Waals surface area (Å²) in [5.41, 5.74) is 2.13. The highest BCUT2D eigenvalue weighted by atomic mass is 35.5. The van der Waals surface area contributed by atoms with Gasteiger partial charge in [0.2, 0.25) is 0 Å². The van der Waals surface area contributed by atoms with Gasteiger partial charge in [-0.15, -0.1) is 11.3 Å². The van der Waals surface area contributed by atoms with E-state index in [1.54, 1.807) is 29.6 Å². The molecule has 0 atom stereocenters. The lowest BCUT2D eigenvalue weighted by atomic mass is 10.1. The molecule has 28 heavy (non-hydrogen) atoms. The van der Waals surface area contributed by atoms with Gasteiger partial charge < -0.3 is 10.6 Å². The van der Waals surface area contributed by atoms with E-state index in [0.29, 0.717) is 22.4 Å². The number of rotatable bonds is 7. The minimum atomic E-state index is -0.438. The Morgan fingerprint density at radius 2 is 1.75 bits per heavy atom. The van der Waals surface area contributed by atoms with Gasteiger partial charge in [-0.25, -0.2) is 9.78 Å². The van der Waals surface area contributed by atoms with Crippen molar-refractivity contribution in [3.8, 4) is 0 Å². The van der Waals surface area contributed by atoms with Gasteiger partial charge in [-0.3, -0.25) is 10.1 Å². The molecule has 1 heterocycles. The third kappa shape index (κ3) is 6.07. The van der Waals surface area contributed by atoms with Gasteiger partial charge in [0.05, 0.1) is 0 Å². The van der Waals surface area contributed by atoms with E-state index in [1.165, 1.54) is 16.9 Å². The molecule has 3 amide bonds. The van der Waals surface area contributed by atoms with Crippen LogP contribution in [0.2, 0.25) is 5.02 Å². The van der Waals surface area contributed by atoms with Crippen molar-refractivity contribution in [2.24, 2.45) is 0 Å². The molecule has 8 heteroatoms. The summed E-state index contributed by atoms with van der Waals surface area (Å²) in [6.07, 6.45) is 1.74. The Morgan fingerprint density at radius 3 is 2.50 bits per heavy atom. The maximum absolute atomic E-state index is 12.2. The predicted octanol–water partition coefficient (Wildman–Crippen LogP) is 4.80. The van der Waals surface area contributed by atoms with E-state index >= 15 is 0 Å². The summed E-state index contributed by atoms with van der Waals surface area (Å²) in [7, 11) is 0. The lowest BCUT2D eigenvalue weighted by Crippen LogP contribution is -2.25.